The van der Waals surface area contributed by atoms with Crippen LogP contribution < -0.4 is 16.8 Å². The topological polar surface area (TPSA) is 154 Å². The van der Waals surface area contributed by atoms with Crippen molar-refractivity contribution in [3.8, 4) is 11.8 Å². The molecule has 2 heterocycles. The first-order valence-corrected chi connectivity index (χ1v) is 12.0. The number of fused-ring (bicyclic) bond motifs is 1. The van der Waals surface area contributed by atoms with Crippen molar-refractivity contribution < 1.29 is 22.0 Å². The van der Waals surface area contributed by atoms with E-state index in [0.29, 0.717) is 41.3 Å². The molecule has 5 rings (SSSR count). The Morgan fingerprint density at radius 3 is 2.59 bits per heavy atom. The normalized spacial score (nSPS) is 29.0. The second-order valence-electron chi connectivity index (χ2n) is 8.66. The number of nitrogens with one attached hydrogen (secondary N) is 1. The Bertz CT molecular complexity index is 1440. The van der Waals surface area contributed by atoms with Crippen molar-refractivity contribution >= 4 is 38.4 Å². The van der Waals surface area contributed by atoms with Gasteiger partial charge in [0.05, 0.1) is 5.54 Å². The summed E-state index contributed by atoms with van der Waals surface area (Å²) in [6.45, 7) is 0. The molecule has 0 aliphatic heterocycles. The molecular weight excluding hydrogens is 456 g/mol. The van der Waals surface area contributed by atoms with Gasteiger partial charge < -0.3 is 19.9 Å². The maximum absolute atomic E-state index is 12.5. The molecule has 1 aromatic carbocycles. The van der Waals surface area contributed by atoms with Gasteiger partial charge in [-0.05, 0) is 43.2 Å². The molecule has 166 valence electrons. The van der Waals surface area contributed by atoms with Gasteiger partial charge in [0.25, 0.3) is 5.91 Å². The van der Waals surface area contributed by atoms with Gasteiger partial charge in [-0.2, -0.15) is 0 Å². The lowest BCUT2D eigenvalue weighted by molar-refractivity contribution is 0.0408. The first-order valence-electron chi connectivity index (χ1n) is 9.70. The number of aromatic nitrogens is 1. The smallest absolute Gasteiger partial charge is 0.289 e. The minimum Gasteiger partial charge on any atom is -0.440 e. The summed E-state index contributed by atoms with van der Waals surface area (Å²) in [5.41, 5.74) is 11.5. The lowest BCUT2D eigenvalue weighted by Crippen LogP contribution is -2.60. The third kappa shape index (κ3) is 3.47. The van der Waals surface area contributed by atoms with E-state index >= 15 is 0 Å². The van der Waals surface area contributed by atoms with Gasteiger partial charge in [-0.25, -0.2) is 13.4 Å². The Hall–Kier alpha value is -2.84. The summed E-state index contributed by atoms with van der Waals surface area (Å²) >= 11 is 6.01. The lowest BCUT2D eigenvalue weighted by atomic mass is 9.57. The standard InChI is InChI=1S/C21H19ClN4O5S/c1-32(28,29)16-5-4-15(30-16)17(27)26-21(24)7-6-19(11-21)9-20(23,10-19)18-25-13-8-12(22)2-3-14(13)31-18/h2-5,8H,9-11,23-24H2,1H3,(H,26,27)/t19-,20+,21-/m0/s1. The Morgan fingerprint density at radius 2 is 1.91 bits per heavy atom. The zero-order valence-corrected chi connectivity index (χ0v) is 18.5. The van der Waals surface area contributed by atoms with Crippen molar-refractivity contribution in [3.05, 3.63) is 47.0 Å². The zero-order valence-electron chi connectivity index (χ0n) is 16.9. The van der Waals surface area contributed by atoms with Crippen LogP contribution in [-0.4, -0.2) is 31.2 Å². The van der Waals surface area contributed by atoms with E-state index in [9.17, 15) is 13.2 Å². The maximum Gasteiger partial charge on any atom is 0.289 e. The quantitative estimate of drug-likeness (QED) is 0.382. The average Bonchev–Trinajstić information content (AvgIpc) is 3.37. The SMILES string of the molecule is CS(=O)(=O)c1ccc(C(=O)N[C@@]2(N)C#C[C@]3(C2)C[C@](N)(c2nc4cc(Cl)ccc4o2)C3)o1. The van der Waals surface area contributed by atoms with Crippen molar-refractivity contribution in [3.63, 3.8) is 0 Å². The largest absolute Gasteiger partial charge is 0.440 e. The first-order chi connectivity index (χ1) is 14.9. The number of hydrogen-bond acceptors (Lipinski definition) is 8. The van der Waals surface area contributed by atoms with Crippen molar-refractivity contribution in [1.29, 1.82) is 0 Å². The van der Waals surface area contributed by atoms with Crippen LogP contribution in [0.2, 0.25) is 5.02 Å². The molecule has 2 aliphatic carbocycles. The highest BCUT2D eigenvalue weighted by atomic mass is 35.5. The van der Waals surface area contributed by atoms with Crippen LogP contribution in [-0.2, 0) is 15.4 Å². The van der Waals surface area contributed by atoms with Crippen LogP contribution >= 0.6 is 11.6 Å². The number of carbonyl (C=O) groups excluding carboxylic acids is 1. The first kappa shape index (κ1) is 21.0. The maximum atomic E-state index is 12.5. The van der Waals surface area contributed by atoms with Crippen molar-refractivity contribution in [1.82, 2.24) is 10.3 Å². The van der Waals surface area contributed by atoms with Gasteiger partial charge in [0.1, 0.15) is 5.52 Å². The van der Waals surface area contributed by atoms with Crippen LogP contribution in [0.1, 0.15) is 35.7 Å². The second-order valence-corrected chi connectivity index (χ2v) is 11.0. The molecule has 1 atom stereocenters. The minimum atomic E-state index is -3.56. The number of sulfone groups is 1. The van der Waals surface area contributed by atoms with E-state index < -0.39 is 32.4 Å². The summed E-state index contributed by atoms with van der Waals surface area (Å²) in [5.74, 6) is 5.62. The fourth-order valence-electron chi connectivity index (χ4n) is 4.48. The molecule has 0 bridgehead atoms. The highest BCUT2D eigenvalue weighted by molar-refractivity contribution is 7.90. The summed E-state index contributed by atoms with van der Waals surface area (Å²) in [5, 5.41) is 2.89. The third-order valence-electron chi connectivity index (χ3n) is 5.76. The fourth-order valence-corrected chi connectivity index (χ4v) is 5.20. The van der Waals surface area contributed by atoms with Crippen LogP contribution in [0.25, 0.3) is 11.1 Å². The Balaban J connectivity index is 1.29. The van der Waals surface area contributed by atoms with Crippen molar-refractivity contribution in [2.75, 3.05) is 6.26 Å². The molecule has 11 heteroatoms. The Morgan fingerprint density at radius 1 is 1.16 bits per heavy atom. The summed E-state index contributed by atoms with van der Waals surface area (Å²) in [4.78, 5) is 17.0. The average molecular weight is 475 g/mol. The van der Waals surface area contributed by atoms with Gasteiger partial charge >= 0.3 is 0 Å². The minimum absolute atomic E-state index is 0.162. The van der Waals surface area contributed by atoms with Crippen LogP contribution in [0, 0.1) is 17.3 Å². The Kier molecular flexibility index (Phi) is 4.33. The summed E-state index contributed by atoms with van der Waals surface area (Å²) < 4.78 is 34.1. The van der Waals surface area contributed by atoms with Gasteiger partial charge in [0.2, 0.25) is 20.8 Å². The lowest BCUT2D eigenvalue weighted by Gasteiger charge is -2.49. The van der Waals surface area contributed by atoms with E-state index in [1.807, 2.05) is 0 Å². The van der Waals surface area contributed by atoms with Gasteiger partial charge in [-0.15, -0.1) is 0 Å². The molecule has 5 N–H and O–H groups in total. The number of halogens is 1. The number of rotatable bonds is 4. The van der Waals surface area contributed by atoms with E-state index in [1.165, 1.54) is 12.1 Å². The molecule has 0 radical (unpaired) electrons. The van der Waals surface area contributed by atoms with E-state index in [4.69, 9.17) is 31.9 Å². The number of furan rings is 1. The molecule has 9 nitrogen and oxygen atoms in total. The number of benzene rings is 1. The van der Waals surface area contributed by atoms with Gasteiger partial charge in [0, 0.05) is 23.1 Å². The number of carbonyl (C=O) groups is 1. The van der Waals surface area contributed by atoms with E-state index in [-0.39, 0.29) is 10.9 Å². The highest BCUT2D eigenvalue weighted by Crippen LogP contribution is 2.57. The molecule has 1 fully saturated rings. The molecule has 32 heavy (non-hydrogen) atoms. The van der Waals surface area contributed by atoms with Crippen LogP contribution in [0.15, 0.2) is 44.3 Å². The summed E-state index contributed by atoms with van der Waals surface area (Å²) in [7, 11) is -3.56. The summed E-state index contributed by atoms with van der Waals surface area (Å²) in [6, 6.07) is 7.67. The highest BCUT2D eigenvalue weighted by Gasteiger charge is 2.59. The van der Waals surface area contributed by atoms with Crippen molar-refractivity contribution in [2.24, 2.45) is 16.9 Å². The van der Waals surface area contributed by atoms with Crippen LogP contribution in [0.3, 0.4) is 0 Å². The molecule has 2 aromatic heterocycles. The third-order valence-corrected chi connectivity index (χ3v) is 6.94. The number of nitrogens with two attached hydrogens (primary N) is 2. The molecule has 1 saturated carbocycles. The molecule has 3 aromatic rings. The molecule has 1 spiro atoms. The number of amides is 1. The van der Waals surface area contributed by atoms with E-state index in [2.05, 4.69) is 22.1 Å². The van der Waals surface area contributed by atoms with Gasteiger partial charge in [-0.3, -0.25) is 10.5 Å². The number of hydrogen-bond donors (Lipinski definition) is 3. The number of nitrogens with zero attached hydrogens (tertiary/aromatic N) is 1. The van der Waals surface area contributed by atoms with Crippen LogP contribution in [0.5, 0.6) is 0 Å². The van der Waals surface area contributed by atoms with Gasteiger partial charge in [-0.1, -0.05) is 23.4 Å². The molecular formula is C21H19ClN4O5S. The molecule has 0 saturated heterocycles. The fraction of sp³-hybridized carbons (Fsp3) is 0.333. The molecule has 2 aliphatic rings. The van der Waals surface area contributed by atoms with Gasteiger partial charge in [0.15, 0.2) is 17.0 Å². The number of oxazole rings is 1. The molecule has 0 unspecified atom stereocenters. The van der Waals surface area contributed by atoms with E-state index in [1.54, 1.807) is 18.2 Å². The second kappa shape index (κ2) is 6.59. The Labute approximate surface area is 188 Å². The molecule has 1 amide bonds. The van der Waals surface area contributed by atoms with Crippen LogP contribution in [0.4, 0.5) is 0 Å². The van der Waals surface area contributed by atoms with Crippen molar-refractivity contribution in [2.45, 2.75) is 35.6 Å². The summed E-state index contributed by atoms with van der Waals surface area (Å²) in [6.07, 6.45) is 2.23. The predicted molar refractivity (Wildman–Crippen MR) is 115 cm³/mol. The van der Waals surface area contributed by atoms with E-state index in [0.717, 1.165) is 6.26 Å². The zero-order chi connectivity index (χ0) is 22.9. The predicted octanol–water partition coefficient (Wildman–Crippen LogP) is 1.90. The monoisotopic (exact) mass is 474 g/mol.